The highest BCUT2D eigenvalue weighted by Gasteiger charge is 2.22. The highest BCUT2D eigenvalue weighted by molar-refractivity contribution is 6.09. The maximum absolute atomic E-state index is 12.8. The minimum Gasteiger partial charge on any atom is -0.378 e. The number of morpholine rings is 1. The molecule has 1 N–H and O–H groups in total. The van der Waals surface area contributed by atoms with E-state index >= 15 is 0 Å². The monoisotopic (exact) mass is 366 g/mol. The van der Waals surface area contributed by atoms with Crippen molar-refractivity contribution in [1.82, 2.24) is 4.90 Å². The molecule has 2 amide bonds. The molecular formula is C22H26N2O3. The zero-order valence-corrected chi connectivity index (χ0v) is 16.1. The highest BCUT2D eigenvalue weighted by Crippen LogP contribution is 2.23. The first kappa shape index (κ1) is 19.1. The Hall–Kier alpha value is -2.66. The van der Waals surface area contributed by atoms with E-state index in [4.69, 9.17) is 4.74 Å². The van der Waals surface area contributed by atoms with Crippen LogP contribution in [0.25, 0.3) is 0 Å². The van der Waals surface area contributed by atoms with Crippen LogP contribution in [0.15, 0.2) is 48.5 Å². The Bertz CT molecular complexity index is 816. The summed E-state index contributed by atoms with van der Waals surface area (Å²) in [5, 5.41) is 2.89. The Labute approximate surface area is 160 Å². The highest BCUT2D eigenvalue weighted by atomic mass is 16.5. The molecule has 1 aliphatic heterocycles. The largest absolute Gasteiger partial charge is 0.378 e. The van der Waals surface area contributed by atoms with E-state index < -0.39 is 0 Å². The predicted octanol–water partition coefficient (Wildman–Crippen LogP) is 3.71. The second kappa shape index (κ2) is 7.92. The lowest BCUT2D eigenvalue weighted by Crippen LogP contribution is -2.41. The molecule has 1 saturated heterocycles. The number of amides is 2. The second-order valence-corrected chi connectivity index (χ2v) is 7.73. The summed E-state index contributed by atoms with van der Waals surface area (Å²) in [5.74, 6) is -0.310. The molecule has 3 rings (SSSR count). The third kappa shape index (κ3) is 4.55. The maximum Gasteiger partial charge on any atom is 0.256 e. The normalized spacial score (nSPS) is 14.7. The summed E-state index contributed by atoms with van der Waals surface area (Å²) in [5.41, 5.74) is 2.79. The topological polar surface area (TPSA) is 58.6 Å². The molecule has 0 unspecified atom stereocenters. The van der Waals surface area contributed by atoms with Crippen molar-refractivity contribution in [1.29, 1.82) is 0 Å². The standard InChI is InChI=1S/C22H26N2O3/c1-22(2,3)17-10-8-16(9-11-17)20(25)23-19-7-5-4-6-18(19)21(26)24-12-14-27-15-13-24/h4-11H,12-15H2,1-3H3,(H,23,25). The lowest BCUT2D eigenvalue weighted by Gasteiger charge is -2.27. The van der Waals surface area contributed by atoms with E-state index in [1.807, 2.05) is 36.4 Å². The summed E-state index contributed by atoms with van der Waals surface area (Å²) in [6, 6.07) is 14.7. The van der Waals surface area contributed by atoms with Gasteiger partial charge in [-0.05, 0) is 35.2 Å². The van der Waals surface area contributed by atoms with Crippen LogP contribution in [0.3, 0.4) is 0 Å². The van der Waals surface area contributed by atoms with Crippen molar-refractivity contribution in [3.63, 3.8) is 0 Å². The fourth-order valence-corrected chi connectivity index (χ4v) is 3.03. The number of ether oxygens (including phenoxy) is 1. The molecule has 27 heavy (non-hydrogen) atoms. The van der Waals surface area contributed by atoms with Crippen LogP contribution in [0.2, 0.25) is 0 Å². The molecular weight excluding hydrogens is 340 g/mol. The van der Waals surface area contributed by atoms with Gasteiger partial charge in [-0.2, -0.15) is 0 Å². The number of carbonyl (C=O) groups excluding carboxylic acids is 2. The van der Waals surface area contributed by atoms with E-state index in [0.29, 0.717) is 43.1 Å². The van der Waals surface area contributed by atoms with Crippen molar-refractivity contribution in [3.05, 3.63) is 65.2 Å². The van der Waals surface area contributed by atoms with E-state index in [0.717, 1.165) is 0 Å². The molecule has 0 aliphatic carbocycles. The third-order valence-electron chi connectivity index (χ3n) is 4.72. The smallest absolute Gasteiger partial charge is 0.256 e. The van der Waals surface area contributed by atoms with E-state index in [1.165, 1.54) is 5.56 Å². The van der Waals surface area contributed by atoms with Crippen molar-refractivity contribution in [3.8, 4) is 0 Å². The zero-order valence-electron chi connectivity index (χ0n) is 16.1. The first-order valence-corrected chi connectivity index (χ1v) is 9.24. The van der Waals surface area contributed by atoms with Gasteiger partial charge in [0.15, 0.2) is 0 Å². The molecule has 1 heterocycles. The van der Waals surface area contributed by atoms with E-state index in [9.17, 15) is 9.59 Å². The van der Waals surface area contributed by atoms with Gasteiger partial charge in [-0.25, -0.2) is 0 Å². The van der Waals surface area contributed by atoms with Gasteiger partial charge in [-0.1, -0.05) is 45.0 Å². The van der Waals surface area contributed by atoms with Crippen molar-refractivity contribution in [2.75, 3.05) is 31.6 Å². The average Bonchev–Trinajstić information content (AvgIpc) is 2.68. The van der Waals surface area contributed by atoms with Gasteiger partial charge >= 0.3 is 0 Å². The summed E-state index contributed by atoms with van der Waals surface area (Å²) < 4.78 is 5.31. The second-order valence-electron chi connectivity index (χ2n) is 7.73. The molecule has 0 saturated carbocycles. The number of carbonyl (C=O) groups is 2. The van der Waals surface area contributed by atoms with Crippen LogP contribution in [0.5, 0.6) is 0 Å². The van der Waals surface area contributed by atoms with Gasteiger partial charge in [-0.15, -0.1) is 0 Å². The van der Waals surface area contributed by atoms with E-state index in [2.05, 4.69) is 26.1 Å². The van der Waals surface area contributed by atoms with Crippen LogP contribution in [0, 0.1) is 0 Å². The summed E-state index contributed by atoms with van der Waals surface area (Å²) >= 11 is 0. The molecule has 5 heteroatoms. The molecule has 5 nitrogen and oxygen atoms in total. The Balaban J connectivity index is 1.77. The van der Waals surface area contributed by atoms with Crippen LogP contribution in [-0.2, 0) is 10.2 Å². The number of rotatable bonds is 3. The number of nitrogens with zero attached hydrogens (tertiary/aromatic N) is 1. The zero-order chi connectivity index (χ0) is 19.4. The Kier molecular flexibility index (Phi) is 5.61. The molecule has 0 bridgehead atoms. The third-order valence-corrected chi connectivity index (χ3v) is 4.72. The van der Waals surface area contributed by atoms with Crippen LogP contribution in [0.4, 0.5) is 5.69 Å². The quantitative estimate of drug-likeness (QED) is 0.901. The summed E-state index contributed by atoms with van der Waals surface area (Å²) in [4.78, 5) is 27.2. The van der Waals surface area contributed by atoms with Crippen LogP contribution >= 0.6 is 0 Å². The fraction of sp³-hybridized carbons (Fsp3) is 0.364. The lowest BCUT2D eigenvalue weighted by molar-refractivity contribution is 0.0303. The van der Waals surface area contributed by atoms with Crippen molar-refractivity contribution >= 4 is 17.5 Å². The Morgan fingerprint density at radius 1 is 0.963 bits per heavy atom. The molecule has 0 spiro atoms. The van der Waals surface area contributed by atoms with Crippen molar-refractivity contribution in [2.24, 2.45) is 0 Å². The van der Waals surface area contributed by atoms with Gasteiger partial charge in [0.2, 0.25) is 0 Å². The van der Waals surface area contributed by atoms with Gasteiger partial charge in [0, 0.05) is 18.7 Å². The minimum absolute atomic E-state index is 0.0339. The molecule has 2 aromatic rings. The Morgan fingerprint density at radius 2 is 1.59 bits per heavy atom. The number of nitrogens with one attached hydrogen (secondary N) is 1. The molecule has 0 aromatic heterocycles. The van der Waals surface area contributed by atoms with Gasteiger partial charge in [0.25, 0.3) is 11.8 Å². The molecule has 0 atom stereocenters. The summed E-state index contributed by atoms with van der Waals surface area (Å²) in [6.07, 6.45) is 0. The minimum atomic E-state index is -0.224. The summed E-state index contributed by atoms with van der Waals surface area (Å²) in [6.45, 7) is 8.62. The number of hydrogen-bond donors (Lipinski definition) is 1. The average molecular weight is 366 g/mol. The van der Waals surface area contributed by atoms with Gasteiger partial charge < -0.3 is 15.0 Å². The lowest BCUT2D eigenvalue weighted by atomic mass is 9.86. The molecule has 1 fully saturated rings. The number of benzene rings is 2. The first-order valence-electron chi connectivity index (χ1n) is 9.24. The van der Waals surface area contributed by atoms with Gasteiger partial charge in [0.05, 0.1) is 24.5 Å². The van der Waals surface area contributed by atoms with Crippen LogP contribution < -0.4 is 5.32 Å². The van der Waals surface area contributed by atoms with Crippen molar-refractivity contribution < 1.29 is 14.3 Å². The van der Waals surface area contributed by atoms with Crippen LogP contribution in [0.1, 0.15) is 47.1 Å². The molecule has 0 radical (unpaired) electrons. The van der Waals surface area contributed by atoms with Gasteiger partial charge in [-0.3, -0.25) is 9.59 Å². The van der Waals surface area contributed by atoms with E-state index in [-0.39, 0.29) is 17.2 Å². The number of para-hydroxylation sites is 1. The molecule has 1 aliphatic rings. The number of hydrogen-bond acceptors (Lipinski definition) is 3. The van der Waals surface area contributed by atoms with Crippen LogP contribution in [-0.4, -0.2) is 43.0 Å². The fourth-order valence-electron chi connectivity index (χ4n) is 3.03. The SMILES string of the molecule is CC(C)(C)c1ccc(C(=O)Nc2ccccc2C(=O)N2CCOCC2)cc1. The molecule has 2 aromatic carbocycles. The Morgan fingerprint density at radius 3 is 2.22 bits per heavy atom. The summed E-state index contributed by atoms with van der Waals surface area (Å²) in [7, 11) is 0. The maximum atomic E-state index is 12.8. The van der Waals surface area contributed by atoms with Crippen molar-refractivity contribution in [2.45, 2.75) is 26.2 Å². The first-order chi connectivity index (χ1) is 12.9. The predicted molar refractivity (Wildman–Crippen MR) is 106 cm³/mol. The van der Waals surface area contributed by atoms with E-state index in [1.54, 1.807) is 17.0 Å². The van der Waals surface area contributed by atoms with Gasteiger partial charge in [0.1, 0.15) is 0 Å². The number of anilines is 1. The molecule has 142 valence electrons.